The highest BCUT2D eigenvalue weighted by molar-refractivity contribution is 6.30. The quantitative estimate of drug-likeness (QED) is 0.759. The summed E-state index contributed by atoms with van der Waals surface area (Å²) in [6.45, 7) is 5.27. The first-order valence-corrected chi connectivity index (χ1v) is 8.17. The zero-order chi connectivity index (χ0) is 16.4. The predicted octanol–water partition coefficient (Wildman–Crippen LogP) is 3.04. The molecule has 0 heterocycles. The van der Waals surface area contributed by atoms with Crippen molar-refractivity contribution in [2.24, 2.45) is 0 Å². The molecule has 22 heavy (non-hydrogen) atoms. The van der Waals surface area contributed by atoms with E-state index in [1.807, 2.05) is 24.3 Å². The van der Waals surface area contributed by atoms with E-state index in [0.29, 0.717) is 31.1 Å². The Morgan fingerprint density at radius 2 is 2.05 bits per heavy atom. The Labute approximate surface area is 137 Å². The van der Waals surface area contributed by atoms with Gasteiger partial charge in [0.05, 0.1) is 0 Å². The minimum absolute atomic E-state index is 0.0184. The second-order valence-corrected chi connectivity index (χ2v) is 5.78. The number of hydrogen-bond acceptors (Lipinski definition) is 2. The third-order valence-corrected chi connectivity index (χ3v) is 3.70. The third kappa shape index (κ3) is 7.46. The maximum absolute atomic E-state index is 11.7. The molecule has 0 saturated carbocycles. The van der Waals surface area contributed by atoms with Gasteiger partial charge in [0.1, 0.15) is 0 Å². The molecule has 1 aromatic carbocycles. The van der Waals surface area contributed by atoms with Gasteiger partial charge in [-0.25, -0.2) is 0 Å². The molecule has 0 aliphatic carbocycles. The Bertz CT molecular complexity index is 491. The summed E-state index contributed by atoms with van der Waals surface area (Å²) >= 11 is 5.95. The fourth-order valence-corrected chi connectivity index (χ4v) is 2.35. The van der Waals surface area contributed by atoms with Crippen molar-refractivity contribution in [3.63, 3.8) is 0 Å². The first kappa shape index (κ1) is 18.5. The second-order valence-electron chi connectivity index (χ2n) is 5.34. The second kappa shape index (κ2) is 10.2. The predicted molar refractivity (Wildman–Crippen MR) is 89.9 cm³/mol. The summed E-state index contributed by atoms with van der Waals surface area (Å²) in [5.41, 5.74) is 1.10. The van der Waals surface area contributed by atoms with Gasteiger partial charge in [-0.1, -0.05) is 37.1 Å². The normalized spacial score (nSPS) is 10.3. The number of rotatable bonds is 9. The Kier molecular flexibility index (Phi) is 8.60. The van der Waals surface area contributed by atoms with Crippen molar-refractivity contribution in [1.29, 1.82) is 0 Å². The molecule has 0 spiro atoms. The van der Waals surface area contributed by atoms with Crippen LogP contribution in [0.1, 0.15) is 38.7 Å². The number of hydrogen-bond donors (Lipinski definition) is 1. The van der Waals surface area contributed by atoms with Gasteiger partial charge in [0.15, 0.2) is 0 Å². The molecule has 0 saturated heterocycles. The van der Waals surface area contributed by atoms with Crippen LogP contribution in [0.25, 0.3) is 0 Å². The molecule has 4 nitrogen and oxygen atoms in total. The van der Waals surface area contributed by atoms with Gasteiger partial charge in [0.2, 0.25) is 11.8 Å². The molecule has 1 aromatic rings. The van der Waals surface area contributed by atoms with Crippen LogP contribution in [0.5, 0.6) is 0 Å². The summed E-state index contributed by atoms with van der Waals surface area (Å²) in [7, 11) is 0. The van der Waals surface area contributed by atoms with Crippen LogP contribution < -0.4 is 5.32 Å². The number of carbonyl (C=O) groups excluding carboxylic acids is 2. The third-order valence-electron chi connectivity index (χ3n) is 3.47. The lowest BCUT2D eigenvalue weighted by molar-refractivity contribution is -0.129. The number of unbranched alkanes of at least 4 members (excludes halogenated alkanes) is 1. The maximum Gasteiger partial charge on any atom is 0.220 e. The lowest BCUT2D eigenvalue weighted by Crippen LogP contribution is -2.38. The van der Waals surface area contributed by atoms with Gasteiger partial charge in [-0.05, 0) is 30.5 Å². The van der Waals surface area contributed by atoms with Crippen LogP contribution in [-0.4, -0.2) is 36.3 Å². The van der Waals surface area contributed by atoms with Gasteiger partial charge in [-0.15, -0.1) is 0 Å². The molecule has 5 heteroatoms. The smallest absolute Gasteiger partial charge is 0.220 e. The molecule has 1 N–H and O–H groups in total. The van der Waals surface area contributed by atoms with Crippen molar-refractivity contribution in [3.05, 3.63) is 34.9 Å². The molecule has 0 aromatic heterocycles. The van der Waals surface area contributed by atoms with E-state index in [1.165, 1.54) is 0 Å². The molecule has 122 valence electrons. The largest absolute Gasteiger partial charge is 0.354 e. The SMILES string of the molecule is CCCCC(=O)NCCN(CCc1cccc(Cl)c1)C(C)=O. The zero-order valence-electron chi connectivity index (χ0n) is 13.4. The lowest BCUT2D eigenvalue weighted by atomic mass is 10.1. The first-order valence-electron chi connectivity index (χ1n) is 7.79. The fourth-order valence-electron chi connectivity index (χ4n) is 2.14. The Hall–Kier alpha value is -1.55. The van der Waals surface area contributed by atoms with Crippen molar-refractivity contribution >= 4 is 23.4 Å². The molecule has 2 amide bonds. The minimum atomic E-state index is 0.0184. The summed E-state index contributed by atoms with van der Waals surface area (Å²) in [5.74, 6) is 0.0741. The average molecular weight is 325 g/mol. The summed E-state index contributed by atoms with van der Waals surface area (Å²) < 4.78 is 0. The molecule has 0 atom stereocenters. The average Bonchev–Trinajstić information content (AvgIpc) is 2.48. The van der Waals surface area contributed by atoms with E-state index in [-0.39, 0.29) is 11.8 Å². The van der Waals surface area contributed by atoms with Crippen LogP contribution in [0.2, 0.25) is 5.02 Å². The van der Waals surface area contributed by atoms with Crippen molar-refractivity contribution in [1.82, 2.24) is 10.2 Å². The summed E-state index contributed by atoms with van der Waals surface area (Å²) in [5, 5.41) is 3.56. The number of carbonyl (C=O) groups is 2. The van der Waals surface area contributed by atoms with E-state index < -0.39 is 0 Å². The van der Waals surface area contributed by atoms with Crippen molar-refractivity contribution in [3.8, 4) is 0 Å². The highest BCUT2D eigenvalue weighted by Gasteiger charge is 2.09. The molecule has 0 radical (unpaired) electrons. The molecule has 0 unspecified atom stereocenters. The number of nitrogens with zero attached hydrogens (tertiary/aromatic N) is 1. The topological polar surface area (TPSA) is 49.4 Å². The van der Waals surface area contributed by atoms with Gasteiger partial charge in [0.25, 0.3) is 0 Å². The van der Waals surface area contributed by atoms with Gasteiger partial charge < -0.3 is 10.2 Å². The van der Waals surface area contributed by atoms with E-state index in [9.17, 15) is 9.59 Å². The summed E-state index contributed by atoms with van der Waals surface area (Å²) in [6.07, 6.45) is 3.21. The molecule has 0 fully saturated rings. The fraction of sp³-hybridized carbons (Fsp3) is 0.529. The maximum atomic E-state index is 11.7. The molecule has 0 aliphatic rings. The van der Waals surface area contributed by atoms with Crippen LogP contribution in [0.4, 0.5) is 0 Å². The van der Waals surface area contributed by atoms with E-state index >= 15 is 0 Å². The van der Waals surface area contributed by atoms with Gasteiger partial charge >= 0.3 is 0 Å². The van der Waals surface area contributed by atoms with Crippen molar-refractivity contribution in [2.75, 3.05) is 19.6 Å². The monoisotopic (exact) mass is 324 g/mol. The standard InChI is InChI=1S/C17H25ClN2O2/c1-3-4-8-17(22)19-10-12-20(14(2)21)11-9-15-6-5-7-16(18)13-15/h5-7,13H,3-4,8-12H2,1-2H3,(H,19,22). The molecular formula is C17H25ClN2O2. The number of amides is 2. The zero-order valence-corrected chi connectivity index (χ0v) is 14.2. The first-order chi connectivity index (χ1) is 10.5. The van der Waals surface area contributed by atoms with E-state index in [4.69, 9.17) is 11.6 Å². The van der Waals surface area contributed by atoms with Crippen LogP contribution in [0, 0.1) is 0 Å². The minimum Gasteiger partial charge on any atom is -0.354 e. The number of nitrogens with one attached hydrogen (secondary N) is 1. The van der Waals surface area contributed by atoms with Crippen molar-refractivity contribution in [2.45, 2.75) is 39.5 Å². The van der Waals surface area contributed by atoms with E-state index in [2.05, 4.69) is 12.2 Å². The molecule has 0 bridgehead atoms. The van der Waals surface area contributed by atoms with Crippen LogP contribution >= 0.6 is 11.6 Å². The summed E-state index contributed by atoms with van der Waals surface area (Å²) in [6, 6.07) is 7.65. The van der Waals surface area contributed by atoms with Gasteiger partial charge in [-0.2, -0.15) is 0 Å². The Balaban J connectivity index is 2.36. The lowest BCUT2D eigenvalue weighted by Gasteiger charge is -2.21. The van der Waals surface area contributed by atoms with Gasteiger partial charge in [-0.3, -0.25) is 9.59 Å². The molecular weight excluding hydrogens is 300 g/mol. The highest BCUT2D eigenvalue weighted by Crippen LogP contribution is 2.11. The summed E-state index contributed by atoms with van der Waals surface area (Å²) in [4.78, 5) is 25.0. The Morgan fingerprint density at radius 3 is 2.68 bits per heavy atom. The van der Waals surface area contributed by atoms with Crippen LogP contribution in [0.15, 0.2) is 24.3 Å². The van der Waals surface area contributed by atoms with E-state index in [1.54, 1.807) is 11.8 Å². The molecule has 0 aliphatic heterocycles. The number of halogens is 1. The van der Waals surface area contributed by atoms with Crippen LogP contribution in [0.3, 0.4) is 0 Å². The van der Waals surface area contributed by atoms with Crippen molar-refractivity contribution < 1.29 is 9.59 Å². The number of benzene rings is 1. The molecule has 1 rings (SSSR count). The van der Waals surface area contributed by atoms with E-state index in [0.717, 1.165) is 24.8 Å². The highest BCUT2D eigenvalue weighted by atomic mass is 35.5. The van der Waals surface area contributed by atoms with Gasteiger partial charge in [0, 0.05) is 38.0 Å². The van der Waals surface area contributed by atoms with Crippen LogP contribution in [-0.2, 0) is 16.0 Å². The Morgan fingerprint density at radius 1 is 1.27 bits per heavy atom.